The smallest absolute Gasteiger partial charge is 0.0833 e. The summed E-state index contributed by atoms with van der Waals surface area (Å²) in [7, 11) is 1.88. The quantitative estimate of drug-likeness (QED) is 0.779. The van der Waals surface area contributed by atoms with Gasteiger partial charge < -0.3 is 14.8 Å². The average molecular weight is 227 g/mol. The predicted molar refractivity (Wildman–Crippen MR) is 64.6 cm³/mol. The molecule has 0 aromatic heterocycles. The van der Waals surface area contributed by atoms with Gasteiger partial charge in [-0.1, -0.05) is 6.92 Å². The van der Waals surface area contributed by atoms with E-state index >= 15 is 0 Å². The summed E-state index contributed by atoms with van der Waals surface area (Å²) in [6.45, 7) is 5.07. The summed E-state index contributed by atoms with van der Waals surface area (Å²) in [5.41, 5.74) is 0.123. The molecule has 1 unspecified atom stereocenters. The lowest BCUT2D eigenvalue weighted by molar-refractivity contribution is -0.120. The molecule has 94 valence electrons. The minimum atomic E-state index is 0.123. The molecular weight excluding hydrogens is 202 g/mol. The van der Waals surface area contributed by atoms with Gasteiger partial charge in [-0.15, -0.1) is 0 Å². The fourth-order valence-electron chi connectivity index (χ4n) is 3.22. The molecule has 0 aromatic rings. The lowest BCUT2D eigenvalue weighted by atomic mass is 9.68. The first-order valence-corrected chi connectivity index (χ1v) is 6.68. The van der Waals surface area contributed by atoms with Crippen LogP contribution in [0.5, 0.6) is 0 Å². The highest BCUT2D eigenvalue weighted by molar-refractivity contribution is 5.02. The Labute approximate surface area is 98.9 Å². The van der Waals surface area contributed by atoms with E-state index in [2.05, 4.69) is 12.2 Å². The van der Waals surface area contributed by atoms with Gasteiger partial charge >= 0.3 is 0 Å². The first-order chi connectivity index (χ1) is 7.82. The van der Waals surface area contributed by atoms with E-state index in [-0.39, 0.29) is 5.60 Å². The van der Waals surface area contributed by atoms with Crippen LogP contribution in [0.25, 0.3) is 0 Å². The van der Waals surface area contributed by atoms with Crippen molar-refractivity contribution in [3.63, 3.8) is 0 Å². The summed E-state index contributed by atoms with van der Waals surface area (Å²) in [6, 6.07) is 0.528. The topological polar surface area (TPSA) is 30.5 Å². The molecule has 1 aliphatic carbocycles. The molecule has 0 amide bonds. The number of nitrogens with one attached hydrogen (secondary N) is 1. The normalized spacial score (nSPS) is 27.4. The molecule has 1 saturated carbocycles. The molecule has 2 aliphatic rings. The van der Waals surface area contributed by atoms with Crippen LogP contribution in [0.15, 0.2) is 0 Å². The zero-order chi connectivity index (χ0) is 11.4. The summed E-state index contributed by atoms with van der Waals surface area (Å²) in [6.07, 6.45) is 6.13. The SMILES string of the molecule is CCNC(C1CCOCC1)C1(OC)CCC1. The molecule has 0 bridgehead atoms. The van der Waals surface area contributed by atoms with Gasteiger partial charge in [-0.3, -0.25) is 0 Å². The average Bonchev–Trinajstić information content (AvgIpc) is 2.28. The number of likely N-dealkylation sites (N-methyl/N-ethyl adjacent to an activating group) is 1. The van der Waals surface area contributed by atoms with E-state index in [4.69, 9.17) is 9.47 Å². The summed E-state index contributed by atoms with van der Waals surface area (Å²) in [5.74, 6) is 0.731. The highest BCUT2D eigenvalue weighted by Crippen LogP contribution is 2.42. The van der Waals surface area contributed by atoms with Crippen LogP contribution in [0, 0.1) is 5.92 Å². The van der Waals surface area contributed by atoms with Crippen molar-refractivity contribution >= 4 is 0 Å². The van der Waals surface area contributed by atoms with Crippen LogP contribution in [-0.4, -0.2) is 38.5 Å². The second kappa shape index (κ2) is 5.48. The van der Waals surface area contributed by atoms with E-state index in [0.29, 0.717) is 6.04 Å². The molecule has 1 saturated heterocycles. The van der Waals surface area contributed by atoms with Gasteiger partial charge in [-0.2, -0.15) is 0 Å². The highest BCUT2D eigenvalue weighted by Gasteiger charge is 2.47. The Morgan fingerprint density at radius 1 is 1.38 bits per heavy atom. The first kappa shape index (κ1) is 12.3. The Morgan fingerprint density at radius 2 is 2.06 bits per heavy atom. The fourth-order valence-corrected chi connectivity index (χ4v) is 3.22. The minimum Gasteiger partial charge on any atom is -0.381 e. The minimum absolute atomic E-state index is 0.123. The van der Waals surface area contributed by atoms with Crippen molar-refractivity contribution in [1.29, 1.82) is 0 Å². The molecular formula is C13H25NO2. The van der Waals surface area contributed by atoms with Crippen LogP contribution in [-0.2, 0) is 9.47 Å². The van der Waals surface area contributed by atoms with Crippen molar-refractivity contribution in [2.45, 2.75) is 50.7 Å². The molecule has 0 radical (unpaired) electrons. The van der Waals surface area contributed by atoms with Crippen molar-refractivity contribution in [3.05, 3.63) is 0 Å². The zero-order valence-corrected chi connectivity index (χ0v) is 10.6. The molecule has 0 aromatic carbocycles. The second-order valence-electron chi connectivity index (χ2n) is 5.11. The number of hydrogen-bond acceptors (Lipinski definition) is 3. The third-order valence-corrected chi connectivity index (χ3v) is 4.33. The molecule has 1 atom stereocenters. The van der Waals surface area contributed by atoms with E-state index in [1.807, 2.05) is 7.11 Å². The van der Waals surface area contributed by atoms with E-state index in [1.165, 1.54) is 32.1 Å². The van der Waals surface area contributed by atoms with Gasteiger partial charge in [0.2, 0.25) is 0 Å². The summed E-state index contributed by atoms with van der Waals surface area (Å²) in [5, 5.41) is 3.67. The van der Waals surface area contributed by atoms with Crippen LogP contribution < -0.4 is 5.32 Å². The molecule has 16 heavy (non-hydrogen) atoms. The van der Waals surface area contributed by atoms with Crippen LogP contribution in [0.1, 0.15) is 39.0 Å². The second-order valence-corrected chi connectivity index (χ2v) is 5.11. The summed E-state index contributed by atoms with van der Waals surface area (Å²) >= 11 is 0. The van der Waals surface area contributed by atoms with E-state index in [1.54, 1.807) is 0 Å². The Kier molecular flexibility index (Phi) is 4.22. The Hall–Kier alpha value is -0.120. The summed E-state index contributed by atoms with van der Waals surface area (Å²) < 4.78 is 11.3. The fraction of sp³-hybridized carbons (Fsp3) is 1.00. The van der Waals surface area contributed by atoms with E-state index < -0.39 is 0 Å². The van der Waals surface area contributed by atoms with Crippen molar-refractivity contribution in [2.75, 3.05) is 26.9 Å². The molecule has 3 heteroatoms. The van der Waals surface area contributed by atoms with Crippen molar-refractivity contribution in [2.24, 2.45) is 5.92 Å². The van der Waals surface area contributed by atoms with Crippen molar-refractivity contribution in [1.82, 2.24) is 5.32 Å². The number of hydrogen-bond donors (Lipinski definition) is 1. The third-order valence-electron chi connectivity index (χ3n) is 4.33. The van der Waals surface area contributed by atoms with Gasteiger partial charge in [0.25, 0.3) is 0 Å². The van der Waals surface area contributed by atoms with Crippen molar-refractivity contribution < 1.29 is 9.47 Å². The number of methoxy groups -OCH3 is 1. The van der Waals surface area contributed by atoms with Gasteiger partial charge in [-0.05, 0) is 44.6 Å². The number of rotatable bonds is 5. The molecule has 1 heterocycles. The van der Waals surface area contributed by atoms with Crippen LogP contribution in [0.4, 0.5) is 0 Å². The molecule has 3 nitrogen and oxygen atoms in total. The molecule has 2 fully saturated rings. The number of ether oxygens (including phenoxy) is 2. The lowest BCUT2D eigenvalue weighted by Crippen LogP contribution is -2.60. The summed E-state index contributed by atoms with van der Waals surface area (Å²) in [4.78, 5) is 0. The highest BCUT2D eigenvalue weighted by atomic mass is 16.5. The maximum absolute atomic E-state index is 5.84. The molecule has 1 N–H and O–H groups in total. The van der Waals surface area contributed by atoms with Gasteiger partial charge in [0.05, 0.1) is 5.60 Å². The van der Waals surface area contributed by atoms with Gasteiger partial charge in [0, 0.05) is 26.4 Å². The van der Waals surface area contributed by atoms with E-state index in [0.717, 1.165) is 25.7 Å². The Morgan fingerprint density at radius 3 is 2.50 bits per heavy atom. The third kappa shape index (κ3) is 2.27. The predicted octanol–water partition coefficient (Wildman–Crippen LogP) is 1.96. The largest absolute Gasteiger partial charge is 0.381 e. The molecule has 1 aliphatic heterocycles. The monoisotopic (exact) mass is 227 g/mol. The van der Waals surface area contributed by atoms with Gasteiger partial charge in [0.1, 0.15) is 0 Å². The Bertz CT molecular complexity index is 204. The first-order valence-electron chi connectivity index (χ1n) is 6.68. The maximum Gasteiger partial charge on any atom is 0.0833 e. The van der Waals surface area contributed by atoms with Crippen LogP contribution >= 0.6 is 0 Å². The zero-order valence-electron chi connectivity index (χ0n) is 10.6. The molecule has 2 rings (SSSR count). The van der Waals surface area contributed by atoms with Crippen LogP contribution in [0.2, 0.25) is 0 Å². The van der Waals surface area contributed by atoms with Crippen molar-refractivity contribution in [3.8, 4) is 0 Å². The standard InChI is InChI=1S/C13H25NO2/c1-3-14-12(11-5-9-16-10-6-11)13(15-2)7-4-8-13/h11-12,14H,3-10H2,1-2H3. The van der Waals surface area contributed by atoms with Gasteiger partial charge in [-0.25, -0.2) is 0 Å². The lowest BCUT2D eigenvalue weighted by Gasteiger charge is -2.50. The maximum atomic E-state index is 5.84. The Balaban J connectivity index is 2.02. The van der Waals surface area contributed by atoms with Crippen LogP contribution in [0.3, 0.4) is 0 Å². The van der Waals surface area contributed by atoms with E-state index in [9.17, 15) is 0 Å². The van der Waals surface area contributed by atoms with Gasteiger partial charge in [0.15, 0.2) is 0 Å². The molecule has 0 spiro atoms.